The van der Waals surface area contributed by atoms with Crippen molar-refractivity contribution in [2.75, 3.05) is 13.4 Å². The predicted molar refractivity (Wildman–Crippen MR) is 78.5 cm³/mol. The molecule has 0 bridgehead atoms. The Bertz CT molecular complexity index is 758. The van der Waals surface area contributed by atoms with E-state index in [0.29, 0.717) is 17.0 Å². The van der Waals surface area contributed by atoms with Gasteiger partial charge in [-0.15, -0.1) is 0 Å². The molecule has 0 unspecified atom stereocenters. The maximum absolute atomic E-state index is 11.9. The fourth-order valence-electron chi connectivity index (χ4n) is 1.80. The molecular formula is C14H14N2O4S. The van der Waals surface area contributed by atoms with Crippen molar-refractivity contribution < 1.29 is 17.9 Å². The molecule has 1 N–H and O–H groups in total. The van der Waals surface area contributed by atoms with Crippen LogP contribution in [-0.2, 0) is 10.0 Å². The number of hydrogen-bond donors (Lipinski definition) is 1. The molecule has 110 valence electrons. The fraction of sp³-hybridized carbons (Fsp3) is 0.143. The third kappa shape index (κ3) is 3.79. The Labute approximate surface area is 122 Å². The summed E-state index contributed by atoms with van der Waals surface area (Å²) in [5.41, 5.74) is 1.45. The number of nitrogens with one attached hydrogen (secondary N) is 1. The zero-order valence-electron chi connectivity index (χ0n) is 11.5. The standard InChI is InChI=1S/C14H14N2O4S/c1-20-13-7-6-10(14(17)16-21(2,18)19)9-11(13)12-5-3-4-8-15-12/h3-9H,1-2H3,(H,16,17). The molecule has 7 heteroatoms. The van der Waals surface area contributed by atoms with Crippen LogP contribution in [-0.4, -0.2) is 32.7 Å². The normalized spacial score (nSPS) is 11.0. The maximum atomic E-state index is 11.9. The van der Waals surface area contributed by atoms with Gasteiger partial charge in [0.1, 0.15) is 5.75 Å². The zero-order valence-corrected chi connectivity index (χ0v) is 12.3. The van der Waals surface area contributed by atoms with Gasteiger partial charge in [-0.25, -0.2) is 13.1 Å². The van der Waals surface area contributed by atoms with Crippen LogP contribution in [0.15, 0.2) is 42.6 Å². The number of methoxy groups -OCH3 is 1. The van der Waals surface area contributed by atoms with Crippen LogP contribution in [0.4, 0.5) is 0 Å². The number of nitrogens with zero attached hydrogens (tertiary/aromatic N) is 1. The summed E-state index contributed by atoms with van der Waals surface area (Å²) in [5, 5.41) is 0. The van der Waals surface area contributed by atoms with E-state index in [9.17, 15) is 13.2 Å². The molecule has 0 aliphatic heterocycles. The molecule has 6 nitrogen and oxygen atoms in total. The van der Waals surface area contributed by atoms with Gasteiger partial charge in [-0.05, 0) is 30.3 Å². The van der Waals surface area contributed by atoms with E-state index in [-0.39, 0.29) is 5.56 Å². The number of sulfonamides is 1. The van der Waals surface area contributed by atoms with E-state index in [1.165, 1.54) is 13.2 Å². The van der Waals surface area contributed by atoms with Gasteiger partial charge < -0.3 is 4.74 Å². The van der Waals surface area contributed by atoms with E-state index in [4.69, 9.17) is 4.74 Å². The number of benzene rings is 1. The molecule has 0 atom stereocenters. The third-order valence-electron chi connectivity index (χ3n) is 2.68. The van der Waals surface area contributed by atoms with Gasteiger partial charge in [-0.3, -0.25) is 9.78 Å². The Morgan fingerprint density at radius 2 is 2.00 bits per heavy atom. The number of amides is 1. The monoisotopic (exact) mass is 306 g/mol. The Morgan fingerprint density at radius 3 is 2.57 bits per heavy atom. The highest BCUT2D eigenvalue weighted by atomic mass is 32.2. The van der Waals surface area contributed by atoms with Crippen molar-refractivity contribution in [3.63, 3.8) is 0 Å². The zero-order chi connectivity index (χ0) is 15.5. The Morgan fingerprint density at radius 1 is 1.24 bits per heavy atom. The smallest absolute Gasteiger partial charge is 0.264 e. The molecule has 1 amide bonds. The minimum Gasteiger partial charge on any atom is -0.496 e. The molecule has 0 aliphatic rings. The Kier molecular flexibility index (Phi) is 4.23. The molecule has 0 saturated carbocycles. The first kappa shape index (κ1) is 15.0. The van der Waals surface area contributed by atoms with Gasteiger partial charge in [0.15, 0.2) is 0 Å². The average molecular weight is 306 g/mol. The minimum absolute atomic E-state index is 0.210. The van der Waals surface area contributed by atoms with Crippen LogP contribution in [0, 0.1) is 0 Å². The summed E-state index contributed by atoms with van der Waals surface area (Å²) < 4.78 is 29.4. The number of carbonyl (C=O) groups is 1. The van der Waals surface area contributed by atoms with E-state index in [2.05, 4.69) is 4.98 Å². The van der Waals surface area contributed by atoms with Crippen LogP contribution in [0.1, 0.15) is 10.4 Å². The van der Waals surface area contributed by atoms with Crippen molar-refractivity contribution in [3.05, 3.63) is 48.2 Å². The van der Waals surface area contributed by atoms with E-state index in [1.807, 2.05) is 10.8 Å². The summed E-state index contributed by atoms with van der Waals surface area (Å²) in [6.45, 7) is 0. The SMILES string of the molecule is COc1ccc(C(=O)NS(C)(=O)=O)cc1-c1ccccn1. The number of ether oxygens (including phenoxy) is 1. The molecule has 1 heterocycles. The lowest BCUT2D eigenvalue weighted by atomic mass is 10.1. The van der Waals surface area contributed by atoms with Crippen molar-refractivity contribution in [1.29, 1.82) is 0 Å². The molecule has 1 aromatic heterocycles. The van der Waals surface area contributed by atoms with Crippen LogP contribution in [0.2, 0.25) is 0 Å². The fourth-order valence-corrected chi connectivity index (χ4v) is 2.25. The predicted octanol–water partition coefficient (Wildman–Crippen LogP) is 1.45. The third-order valence-corrected chi connectivity index (χ3v) is 3.24. The number of rotatable bonds is 4. The molecule has 2 aromatic rings. The molecule has 0 saturated heterocycles. The quantitative estimate of drug-likeness (QED) is 0.924. The summed E-state index contributed by atoms with van der Waals surface area (Å²) in [6.07, 6.45) is 2.55. The highest BCUT2D eigenvalue weighted by Crippen LogP contribution is 2.29. The van der Waals surface area contributed by atoms with E-state index in [1.54, 1.807) is 30.5 Å². The van der Waals surface area contributed by atoms with Crippen molar-refractivity contribution in [1.82, 2.24) is 9.71 Å². The van der Waals surface area contributed by atoms with Crippen molar-refractivity contribution in [2.45, 2.75) is 0 Å². The Balaban J connectivity index is 2.46. The van der Waals surface area contributed by atoms with Gasteiger partial charge in [-0.2, -0.15) is 0 Å². The van der Waals surface area contributed by atoms with Crippen LogP contribution in [0.25, 0.3) is 11.3 Å². The molecule has 2 rings (SSSR count). The highest BCUT2D eigenvalue weighted by molar-refractivity contribution is 7.89. The number of hydrogen-bond acceptors (Lipinski definition) is 5. The second-order valence-electron chi connectivity index (χ2n) is 4.33. The van der Waals surface area contributed by atoms with Crippen molar-refractivity contribution in [2.24, 2.45) is 0 Å². The number of carbonyl (C=O) groups excluding carboxylic acids is 1. The lowest BCUT2D eigenvalue weighted by Gasteiger charge is -2.10. The van der Waals surface area contributed by atoms with Gasteiger partial charge in [-0.1, -0.05) is 6.07 Å². The topological polar surface area (TPSA) is 85.4 Å². The van der Waals surface area contributed by atoms with Crippen LogP contribution in [0.3, 0.4) is 0 Å². The van der Waals surface area contributed by atoms with Crippen molar-refractivity contribution >= 4 is 15.9 Å². The van der Waals surface area contributed by atoms with E-state index in [0.717, 1.165) is 6.26 Å². The van der Waals surface area contributed by atoms with Gasteiger partial charge in [0.2, 0.25) is 10.0 Å². The molecule has 21 heavy (non-hydrogen) atoms. The second kappa shape index (κ2) is 5.92. The average Bonchev–Trinajstić information content (AvgIpc) is 2.45. The summed E-state index contributed by atoms with van der Waals surface area (Å²) in [5.74, 6) is -0.151. The molecule has 0 radical (unpaired) electrons. The first-order valence-corrected chi connectivity index (χ1v) is 7.91. The number of pyridine rings is 1. The maximum Gasteiger partial charge on any atom is 0.264 e. The first-order chi connectivity index (χ1) is 9.90. The van der Waals surface area contributed by atoms with E-state index < -0.39 is 15.9 Å². The Hall–Kier alpha value is -2.41. The van der Waals surface area contributed by atoms with Crippen LogP contribution < -0.4 is 9.46 Å². The summed E-state index contributed by atoms with van der Waals surface area (Å²) >= 11 is 0. The molecular weight excluding hydrogens is 292 g/mol. The van der Waals surface area contributed by atoms with Crippen LogP contribution in [0.5, 0.6) is 5.75 Å². The van der Waals surface area contributed by atoms with Crippen LogP contribution >= 0.6 is 0 Å². The first-order valence-electron chi connectivity index (χ1n) is 6.02. The van der Waals surface area contributed by atoms with Gasteiger partial charge in [0, 0.05) is 17.3 Å². The van der Waals surface area contributed by atoms with Gasteiger partial charge >= 0.3 is 0 Å². The molecule has 1 aromatic carbocycles. The number of aromatic nitrogens is 1. The summed E-state index contributed by atoms with van der Waals surface area (Å²) in [7, 11) is -2.10. The second-order valence-corrected chi connectivity index (χ2v) is 6.08. The van der Waals surface area contributed by atoms with E-state index >= 15 is 0 Å². The lowest BCUT2D eigenvalue weighted by Crippen LogP contribution is -2.29. The van der Waals surface area contributed by atoms with Gasteiger partial charge in [0.25, 0.3) is 5.91 Å². The molecule has 0 aliphatic carbocycles. The summed E-state index contributed by atoms with van der Waals surface area (Å²) in [4.78, 5) is 16.1. The largest absolute Gasteiger partial charge is 0.496 e. The van der Waals surface area contributed by atoms with Crippen molar-refractivity contribution in [3.8, 4) is 17.0 Å². The molecule has 0 spiro atoms. The molecule has 0 fully saturated rings. The highest BCUT2D eigenvalue weighted by Gasteiger charge is 2.15. The van der Waals surface area contributed by atoms with Gasteiger partial charge in [0.05, 0.1) is 19.1 Å². The summed E-state index contributed by atoms with van der Waals surface area (Å²) in [6, 6.07) is 9.99. The lowest BCUT2D eigenvalue weighted by molar-refractivity contribution is 0.0981. The minimum atomic E-state index is -3.61.